The number of carbonyl (C=O) groups is 1. The van der Waals surface area contributed by atoms with Crippen molar-refractivity contribution in [2.45, 2.75) is 0 Å². The molecule has 0 aliphatic carbocycles. The molecule has 0 aliphatic heterocycles. The van der Waals surface area contributed by atoms with E-state index in [1.807, 2.05) is 57.2 Å². The Balaban J connectivity index is 2.80. The molecule has 0 aromatic heterocycles. The van der Waals surface area contributed by atoms with Gasteiger partial charge in [-0.15, -0.1) is 0 Å². The molecule has 5 nitrogen and oxygen atoms in total. The number of hydrogen-bond donors (Lipinski definition) is 1. The number of hydrogen-bond acceptors (Lipinski definition) is 4. The van der Waals surface area contributed by atoms with Gasteiger partial charge in [-0.05, 0) is 32.3 Å². The van der Waals surface area contributed by atoms with Gasteiger partial charge < -0.3 is 20.4 Å². The van der Waals surface area contributed by atoms with Crippen molar-refractivity contribution < 1.29 is 4.79 Å². The Bertz CT molecular complexity index is 443. The van der Waals surface area contributed by atoms with E-state index in [9.17, 15) is 4.79 Å². The third-order valence-electron chi connectivity index (χ3n) is 2.99. The van der Waals surface area contributed by atoms with Gasteiger partial charge in [0, 0.05) is 39.8 Å². The fourth-order valence-corrected chi connectivity index (χ4v) is 1.77. The van der Waals surface area contributed by atoms with Gasteiger partial charge in [-0.2, -0.15) is 0 Å². The number of nitrogens with zero attached hydrogens (tertiary/aromatic N) is 3. The number of anilines is 2. The second-order valence-corrected chi connectivity index (χ2v) is 5.20. The van der Waals surface area contributed by atoms with Crippen LogP contribution in [0.25, 0.3) is 0 Å². The average Bonchev–Trinajstić information content (AvgIpc) is 2.34. The van der Waals surface area contributed by atoms with Crippen molar-refractivity contribution in [1.29, 1.82) is 0 Å². The average molecular weight is 264 g/mol. The number of nitrogen functional groups attached to an aromatic ring is 1. The molecule has 2 N–H and O–H groups in total. The third kappa shape index (κ3) is 4.13. The summed E-state index contributed by atoms with van der Waals surface area (Å²) in [5, 5.41) is 0. The van der Waals surface area contributed by atoms with E-state index in [1.54, 1.807) is 11.0 Å². The van der Waals surface area contributed by atoms with Crippen LogP contribution in [-0.2, 0) is 0 Å². The maximum absolute atomic E-state index is 12.2. The molecular formula is C14H24N4O. The van der Waals surface area contributed by atoms with E-state index in [0.29, 0.717) is 17.8 Å². The van der Waals surface area contributed by atoms with E-state index in [2.05, 4.69) is 0 Å². The fraction of sp³-hybridized carbons (Fsp3) is 0.500. The van der Waals surface area contributed by atoms with Gasteiger partial charge in [-0.25, -0.2) is 0 Å². The van der Waals surface area contributed by atoms with Gasteiger partial charge >= 0.3 is 0 Å². The molecule has 0 saturated heterocycles. The van der Waals surface area contributed by atoms with Crippen LogP contribution in [0.2, 0.25) is 0 Å². The van der Waals surface area contributed by atoms with Crippen LogP contribution >= 0.6 is 0 Å². The molecule has 5 heteroatoms. The molecule has 1 aromatic carbocycles. The van der Waals surface area contributed by atoms with Crippen LogP contribution in [0.4, 0.5) is 11.4 Å². The molecule has 0 saturated carbocycles. The number of carbonyl (C=O) groups excluding carboxylic acids is 1. The van der Waals surface area contributed by atoms with Gasteiger partial charge in [0.1, 0.15) is 0 Å². The monoisotopic (exact) mass is 264 g/mol. The van der Waals surface area contributed by atoms with E-state index < -0.39 is 0 Å². The molecule has 0 fully saturated rings. The van der Waals surface area contributed by atoms with Gasteiger partial charge in [0.05, 0.1) is 11.4 Å². The zero-order valence-corrected chi connectivity index (χ0v) is 12.5. The van der Waals surface area contributed by atoms with E-state index in [4.69, 9.17) is 5.73 Å². The Morgan fingerprint density at radius 3 is 2.21 bits per heavy atom. The van der Waals surface area contributed by atoms with Crippen LogP contribution in [0.1, 0.15) is 10.4 Å². The van der Waals surface area contributed by atoms with Gasteiger partial charge in [-0.1, -0.05) is 0 Å². The molecular weight excluding hydrogens is 240 g/mol. The predicted octanol–water partition coefficient (Wildman–Crippen LogP) is 0.968. The first-order valence-electron chi connectivity index (χ1n) is 6.30. The summed E-state index contributed by atoms with van der Waals surface area (Å²) in [6.45, 7) is 1.54. The fourth-order valence-electron chi connectivity index (χ4n) is 1.77. The van der Waals surface area contributed by atoms with Crippen molar-refractivity contribution in [3.8, 4) is 0 Å². The summed E-state index contributed by atoms with van der Waals surface area (Å²) in [6, 6.07) is 5.44. The summed E-state index contributed by atoms with van der Waals surface area (Å²) in [4.78, 5) is 17.9. The highest BCUT2D eigenvalue weighted by Crippen LogP contribution is 2.22. The SMILES string of the molecule is CN(C)CCN(C)C(=O)c1ccc(N(C)C)c(N)c1. The molecule has 0 spiro atoms. The second-order valence-electron chi connectivity index (χ2n) is 5.20. The zero-order valence-electron chi connectivity index (χ0n) is 12.5. The Kier molecular flexibility index (Phi) is 5.18. The van der Waals surface area contributed by atoms with Crippen LogP contribution in [0.3, 0.4) is 0 Å². The third-order valence-corrected chi connectivity index (χ3v) is 2.99. The van der Waals surface area contributed by atoms with Crippen molar-refractivity contribution in [2.75, 3.05) is 59.0 Å². The summed E-state index contributed by atoms with van der Waals surface area (Å²) < 4.78 is 0. The summed E-state index contributed by atoms with van der Waals surface area (Å²) >= 11 is 0. The topological polar surface area (TPSA) is 52.8 Å². The summed E-state index contributed by atoms with van der Waals surface area (Å²) in [5.74, 6) is -0.00106. The predicted molar refractivity (Wildman–Crippen MR) is 80.7 cm³/mol. The standard InChI is InChI=1S/C14H24N4O/c1-16(2)8-9-18(5)14(19)11-6-7-13(17(3)4)12(15)10-11/h6-7,10H,8-9,15H2,1-5H3. The van der Waals surface area contributed by atoms with Gasteiger partial charge in [0.15, 0.2) is 0 Å². The molecule has 0 radical (unpaired) electrons. The van der Waals surface area contributed by atoms with Gasteiger partial charge in [-0.3, -0.25) is 4.79 Å². The molecule has 1 amide bonds. The molecule has 1 rings (SSSR count). The minimum Gasteiger partial charge on any atom is -0.397 e. The normalized spacial score (nSPS) is 10.6. The van der Waals surface area contributed by atoms with Crippen LogP contribution in [-0.4, -0.2) is 64.0 Å². The molecule has 0 atom stereocenters. The van der Waals surface area contributed by atoms with Crippen LogP contribution in [0.15, 0.2) is 18.2 Å². The molecule has 0 heterocycles. The highest BCUT2D eigenvalue weighted by Gasteiger charge is 2.13. The number of likely N-dealkylation sites (N-methyl/N-ethyl adjacent to an activating group) is 2. The highest BCUT2D eigenvalue weighted by atomic mass is 16.2. The van der Waals surface area contributed by atoms with E-state index in [0.717, 1.165) is 12.2 Å². The first-order valence-corrected chi connectivity index (χ1v) is 6.30. The second kappa shape index (κ2) is 6.43. The Hall–Kier alpha value is -1.75. The minimum atomic E-state index is -0.00106. The smallest absolute Gasteiger partial charge is 0.253 e. The van der Waals surface area contributed by atoms with E-state index in [-0.39, 0.29) is 5.91 Å². The minimum absolute atomic E-state index is 0.00106. The lowest BCUT2D eigenvalue weighted by Crippen LogP contribution is -2.33. The Morgan fingerprint density at radius 1 is 1.11 bits per heavy atom. The molecule has 106 valence electrons. The molecule has 0 unspecified atom stereocenters. The van der Waals surface area contributed by atoms with Crippen LogP contribution < -0.4 is 10.6 Å². The van der Waals surface area contributed by atoms with Gasteiger partial charge in [0.25, 0.3) is 5.91 Å². The Labute approximate surface area is 115 Å². The maximum atomic E-state index is 12.2. The summed E-state index contributed by atoms with van der Waals surface area (Å²) in [6.07, 6.45) is 0. The van der Waals surface area contributed by atoms with Crippen molar-refractivity contribution in [3.05, 3.63) is 23.8 Å². The first kappa shape index (κ1) is 15.3. The van der Waals surface area contributed by atoms with Crippen molar-refractivity contribution >= 4 is 17.3 Å². The molecule has 1 aromatic rings. The van der Waals surface area contributed by atoms with Gasteiger partial charge in [0.2, 0.25) is 0 Å². The number of nitrogens with two attached hydrogens (primary N) is 1. The molecule has 0 bridgehead atoms. The largest absolute Gasteiger partial charge is 0.397 e. The lowest BCUT2D eigenvalue weighted by Gasteiger charge is -2.21. The lowest BCUT2D eigenvalue weighted by molar-refractivity contribution is 0.0786. The quantitative estimate of drug-likeness (QED) is 0.805. The lowest BCUT2D eigenvalue weighted by atomic mass is 10.1. The number of amides is 1. The van der Waals surface area contributed by atoms with E-state index >= 15 is 0 Å². The zero-order chi connectivity index (χ0) is 14.6. The van der Waals surface area contributed by atoms with Crippen LogP contribution in [0, 0.1) is 0 Å². The Morgan fingerprint density at radius 2 is 1.74 bits per heavy atom. The maximum Gasteiger partial charge on any atom is 0.253 e. The number of rotatable bonds is 5. The number of benzene rings is 1. The summed E-state index contributed by atoms with van der Waals surface area (Å²) in [7, 11) is 9.64. The van der Waals surface area contributed by atoms with Crippen molar-refractivity contribution in [3.63, 3.8) is 0 Å². The van der Waals surface area contributed by atoms with Crippen molar-refractivity contribution in [2.24, 2.45) is 0 Å². The van der Waals surface area contributed by atoms with E-state index in [1.165, 1.54) is 0 Å². The van der Waals surface area contributed by atoms with Crippen LogP contribution in [0.5, 0.6) is 0 Å². The van der Waals surface area contributed by atoms with Crippen molar-refractivity contribution in [1.82, 2.24) is 9.80 Å². The highest BCUT2D eigenvalue weighted by molar-refractivity contribution is 5.96. The molecule has 0 aliphatic rings. The summed E-state index contributed by atoms with van der Waals surface area (Å²) in [5.41, 5.74) is 8.14. The molecule has 19 heavy (non-hydrogen) atoms. The first-order chi connectivity index (χ1) is 8.82.